The van der Waals surface area contributed by atoms with E-state index in [1.807, 2.05) is 51.9 Å². The van der Waals surface area contributed by atoms with E-state index in [2.05, 4.69) is 20.9 Å². The lowest BCUT2D eigenvalue weighted by Gasteiger charge is -2.12. The Hall–Kier alpha value is -2.45. The van der Waals surface area contributed by atoms with Gasteiger partial charge in [-0.1, -0.05) is 29.0 Å². The molecule has 3 N–H and O–H groups in total. The highest BCUT2D eigenvalue weighted by Gasteiger charge is 2.18. The molecule has 8 heteroatoms. The molecule has 0 saturated heterocycles. The van der Waals surface area contributed by atoms with Crippen LogP contribution >= 0.6 is 11.3 Å². The van der Waals surface area contributed by atoms with Crippen molar-refractivity contribution in [1.82, 2.24) is 15.2 Å². The largest absolute Gasteiger partial charge is 0.337 e. The van der Waals surface area contributed by atoms with E-state index in [1.54, 1.807) is 6.92 Å². The van der Waals surface area contributed by atoms with Gasteiger partial charge in [0.15, 0.2) is 5.13 Å². The number of amides is 3. The lowest BCUT2D eigenvalue weighted by molar-refractivity contribution is 0.102. The number of urea groups is 1. The van der Waals surface area contributed by atoms with Crippen LogP contribution in [0, 0.1) is 27.7 Å². The average molecular weight is 390 g/mol. The number of carbonyl (C=O) groups is 2. The van der Waals surface area contributed by atoms with Gasteiger partial charge in [0.25, 0.3) is 5.91 Å². The second-order valence-corrected chi connectivity index (χ2v) is 7.84. The zero-order valence-electron chi connectivity index (χ0n) is 16.7. The number of hydrogen-bond donors (Lipinski definition) is 3. The lowest BCUT2D eigenvalue weighted by atomic mass is 10.1. The highest BCUT2D eigenvalue weighted by Crippen LogP contribution is 2.26. The SMILES string of the molecule is Cc1cc(C)c(NC(=O)c2sc(NC(=O)NCCN(C)C)nc2C)c(C)c1. The summed E-state index contributed by atoms with van der Waals surface area (Å²) in [6.45, 7) is 9.01. The van der Waals surface area contributed by atoms with Crippen LogP contribution in [0.3, 0.4) is 0 Å². The molecule has 0 unspecified atom stereocenters. The molecule has 0 radical (unpaired) electrons. The summed E-state index contributed by atoms with van der Waals surface area (Å²) < 4.78 is 0. The van der Waals surface area contributed by atoms with Crippen LogP contribution in [0.1, 0.15) is 32.1 Å². The molecule has 0 saturated carbocycles. The number of carbonyl (C=O) groups excluding carboxylic acids is 2. The minimum absolute atomic E-state index is 0.221. The minimum Gasteiger partial charge on any atom is -0.337 e. The number of aromatic nitrogens is 1. The third-order valence-electron chi connectivity index (χ3n) is 3.98. The maximum absolute atomic E-state index is 12.7. The van der Waals surface area contributed by atoms with Crippen molar-refractivity contribution in [2.45, 2.75) is 27.7 Å². The normalized spacial score (nSPS) is 10.8. The van der Waals surface area contributed by atoms with Crippen LogP contribution in [0.5, 0.6) is 0 Å². The Morgan fingerprint density at radius 3 is 2.30 bits per heavy atom. The van der Waals surface area contributed by atoms with E-state index in [4.69, 9.17) is 0 Å². The molecule has 27 heavy (non-hydrogen) atoms. The smallest absolute Gasteiger partial charge is 0.321 e. The second-order valence-electron chi connectivity index (χ2n) is 6.85. The molecule has 0 bridgehead atoms. The van der Waals surface area contributed by atoms with Gasteiger partial charge in [-0.2, -0.15) is 0 Å². The van der Waals surface area contributed by atoms with Gasteiger partial charge in [0.2, 0.25) is 0 Å². The summed E-state index contributed by atoms with van der Waals surface area (Å²) in [4.78, 5) is 31.4. The Balaban J connectivity index is 2.05. The van der Waals surface area contributed by atoms with E-state index < -0.39 is 0 Å². The molecule has 146 valence electrons. The van der Waals surface area contributed by atoms with Gasteiger partial charge in [0, 0.05) is 18.8 Å². The fraction of sp³-hybridized carbons (Fsp3) is 0.421. The summed E-state index contributed by atoms with van der Waals surface area (Å²) in [5, 5.41) is 8.81. The highest BCUT2D eigenvalue weighted by atomic mass is 32.1. The number of nitrogens with zero attached hydrogens (tertiary/aromatic N) is 2. The first-order chi connectivity index (χ1) is 12.7. The van der Waals surface area contributed by atoms with Crippen molar-refractivity contribution >= 4 is 34.1 Å². The molecular weight excluding hydrogens is 362 g/mol. The molecule has 0 aliphatic heterocycles. The van der Waals surface area contributed by atoms with Crippen molar-refractivity contribution < 1.29 is 9.59 Å². The van der Waals surface area contributed by atoms with Crippen molar-refractivity contribution in [1.29, 1.82) is 0 Å². The number of thiazole rings is 1. The number of nitrogens with one attached hydrogen (secondary N) is 3. The number of anilines is 2. The predicted molar refractivity (Wildman–Crippen MR) is 111 cm³/mol. The standard InChI is InChI=1S/C19H27N5O2S/c1-11-9-12(2)15(13(3)10-11)22-17(25)16-14(4)21-19(27-16)23-18(26)20-7-8-24(5)6/h9-10H,7-8H2,1-6H3,(H,22,25)(H2,20,21,23,26). The van der Waals surface area contributed by atoms with Gasteiger partial charge in [0.1, 0.15) is 4.88 Å². The van der Waals surface area contributed by atoms with Crippen LogP contribution in [-0.2, 0) is 0 Å². The Labute approximate surface area is 164 Å². The van der Waals surface area contributed by atoms with Crippen LogP contribution in [0.15, 0.2) is 12.1 Å². The number of hydrogen-bond acceptors (Lipinski definition) is 5. The molecule has 0 spiro atoms. The monoisotopic (exact) mass is 389 g/mol. The van der Waals surface area contributed by atoms with E-state index in [0.29, 0.717) is 22.2 Å². The van der Waals surface area contributed by atoms with E-state index in [1.165, 1.54) is 0 Å². The van der Waals surface area contributed by atoms with Crippen molar-refractivity contribution in [3.05, 3.63) is 39.4 Å². The molecule has 0 aliphatic rings. The maximum atomic E-state index is 12.7. The first-order valence-corrected chi connectivity index (χ1v) is 9.55. The van der Waals surface area contributed by atoms with Crippen LogP contribution < -0.4 is 16.0 Å². The van der Waals surface area contributed by atoms with Gasteiger partial charge in [-0.25, -0.2) is 9.78 Å². The Morgan fingerprint density at radius 1 is 1.07 bits per heavy atom. The topological polar surface area (TPSA) is 86.4 Å². The fourth-order valence-corrected chi connectivity index (χ4v) is 3.60. The van der Waals surface area contributed by atoms with Crippen LogP contribution in [0.2, 0.25) is 0 Å². The fourth-order valence-electron chi connectivity index (χ4n) is 2.74. The van der Waals surface area contributed by atoms with Crippen molar-refractivity contribution in [3.63, 3.8) is 0 Å². The molecule has 0 atom stereocenters. The van der Waals surface area contributed by atoms with E-state index in [0.717, 1.165) is 40.3 Å². The third kappa shape index (κ3) is 5.77. The molecule has 1 aromatic heterocycles. The van der Waals surface area contributed by atoms with Crippen molar-refractivity contribution in [2.24, 2.45) is 0 Å². The molecule has 0 aliphatic carbocycles. The molecule has 2 aromatic rings. The van der Waals surface area contributed by atoms with Crippen LogP contribution in [0.25, 0.3) is 0 Å². The molecule has 2 rings (SSSR count). The minimum atomic E-state index is -0.331. The zero-order chi connectivity index (χ0) is 20.1. The summed E-state index contributed by atoms with van der Waals surface area (Å²) in [7, 11) is 3.87. The molecular formula is C19H27N5O2S. The third-order valence-corrected chi connectivity index (χ3v) is 5.06. The quantitative estimate of drug-likeness (QED) is 0.707. The summed E-state index contributed by atoms with van der Waals surface area (Å²) >= 11 is 1.16. The Morgan fingerprint density at radius 2 is 1.70 bits per heavy atom. The summed E-state index contributed by atoms with van der Waals surface area (Å²) in [6, 6.07) is 3.74. The Bertz CT molecular complexity index is 822. The predicted octanol–water partition coefficient (Wildman–Crippen LogP) is 3.31. The first kappa shape index (κ1) is 20.9. The summed E-state index contributed by atoms with van der Waals surface area (Å²) in [5.74, 6) is -0.221. The molecule has 1 heterocycles. The van der Waals surface area contributed by atoms with Crippen LogP contribution in [0.4, 0.5) is 15.6 Å². The van der Waals surface area contributed by atoms with Crippen molar-refractivity contribution in [2.75, 3.05) is 37.8 Å². The highest BCUT2D eigenvalue weighted by molar-refractivity contribution is 7.17. The van der Waals surface area contributed by atoms with Gasteiger partial charge in [-0.15, -0.1) is 0 Å². The Kier molecular flexibility index (Phi) is 6.92. The van der Waals surface area contributed by atoms with E-state index >= 15 is 0 Å². The number of aryl methyl sites for hydroxylation is 4. The van der Waals surface area contributed by atoms with Gasteiger partial charge < -0.3 is 15.5 Å². The number of benzene rings is 1. The van der Waals surface area contributed by atoms with Gasteiger partial charge >= 0.3 is 6.03 Å². The van der Waals surface area contributed by atoms with E-state index in [9.17, 15) is 9.59 Å². The molecule has 0 fully saturated rings. The number of likely N-dealkylation sites (N-methyl/N-ethyl adjacent to an activating group) is 1. The number of rotatable bonds is 6. The zero-order valence-corrected chi connectivity index (χ0v) is 17.5. The maximum Gasteiger partial charge on any atom is 0.321 e. The van der Waals surface area contributed by atoms with Gasteiger partial charge in [-0.3, -0.25) is 10.1 Å². The molecule has 1 aromatic carbocycles. The average Bonchev–Trinajstić information content (AvgIpc) is 2.90. The van der Waals surface area contributed by atoms with Crippen LogP contribution in [-0.4, -0.2) is 49.0 Å². The first-order valence-electron chi connectivity index (χ1n) is 8.73. The van der Waals surface area contributed by atoms with Gasteiger partial charge in [0.05, 0.1) is 5.69 Å². The van der Waals surface area contributed by atoms with Crippen molar-refractivity contribution in [3.8, 4) is 0 Å². The summed E-state index contributed by atoms with van der Waals surface area (Å²) in [5.41, 5.74) is 4.59. The lowest BCUT2D eigenvalue weighted by Crippen LogP contribution is -2.34. The molecule has 7 nitrogen and oxygen atoms in total. The van der Waals surface area contributed by atoms with Gasteiger partial charge in [-0.05, 0) is 52.9 Å². The summed E-state index contributed by atoms with van der Waals surface area (Å²) in [6.07, 6.45) is 0. The molecule has 3 amide bonds. The van der Waals surface area contributed by atoms with E-state index in [-0.39, 0.29) is 11.9 Å². The second kappa shape index (κ2) is 8.96.